The van der Waals surface area contributed by atoms with Gasteiger partial charge >= 0.3 is 11.9 Å². The van der Waals surface area contributed by atoms with Crippen LogP contribution in [-0.2, 0) is 52.2 Å². The number of hydrogen-bond acceptors (Lipinski definition) is 10. The third kappa shape index (κ3) is 4.46. The van der Waals surface area contributed by atoms with Gasteiger partial charge in [-0.3, -0.25) is 0 Å². The summed E-state index contributed by atoms with van der Waals surface area (Å²) in [5.41, 5.74) is 4.18. The molecule has 4 saturated heterocycles. The Morgan fingerprint density at radius 2 is 1.20 bits per heavy atom. The molecule has 2 aliphatic carbocycles. The van der Waals surface area contributed by atoms with Gasteiger partial charge in [0.15, 0.2) is 0 Å². The quantitative estimate of drug-likeness (QED) is 0.295. The number of ether oxygens (including phenoxy) is 6. The normalized spacial score (nSPS) is 34.3. The Balaban J connectivity index is 0.960. The number of carbonyl (C=O) groups excluding carboxylic acids is 2. The van der Waals surface area contributed by atoms with Crippen LogP contribution in [0.5, 0.6) is 11.5 Å². The molecule has 6 aliphatic rings. The summed E-state index contributed by atoms with van der Waals surface area (Å²) in [7, 11) is 4.30. The van der Waals surface area contributed by atoms with Gasteiger partial charge in [-0.1, -0.05) is 12.1 Å². The Morgan fingerprint density at radius 3 is 1.66 bits per heavy atom. The van der Waals surface area contributed by atoms with E-state index in [1.807, 2.05) is 36.4 Å². The van der Waals surface area contributed by atoms with Crippen LogP contribution in [0.2, 0.25) is 0 Å². The third-order valence-corrected chi connectivity index (χ3v) is 11.0. The van der Waals surface area contributed by atoms with Crippen LogP contribution in [0.1, 0.15) is 35.1 Å². The van der Waals surface area contributed by atoms with Crippen molar-refractivity contribution < 1.29 is 38.0 Å². The number of fused-ring (bicyclic) bond motifs is 2. The average Bonchev–Trinajstić information content (AvgIpc) is 3.04. The molecular weight excluding hydrogens is 564 g/mol. The lowest BCUT2D eigenvalue weighted by molar-refractivity contribution is -0.220. The van der Waals surface area contributed by atoms with E-state index in [1.165, 1.54) is 11.1 Å². The Morgan fingerprint density at radius 1 is 0.750 bits per heavy atom. The minimum atomic E-state index is -0.648. The largest absolute Gasteiger partial charge is 0.423 e. The van der Waals surface area contributed by atoms with Crippen LogP contribution in [0.15, 0.2) is 48.6 Å². The lowest BCUT2D eigenvalue weighted by Crippen LogP contribution is -2.66. The summed E-state index contributed by atoms with van der Waals surface area (Å²) >= 11 is 0. The number of piperidine rings is 2. The van der Waals surface area contributed by atoms with Crippen molar-refractivity contribution in [1.29, 1.82) is 0 Å². The van der Waals surface area contributed by atoms with Gasteiger partial charge in [0, 0.05) is 35.1 Å². The summed E-state index contributed by atoms with van der Waals surface area (Å²) < 4.78 is 35.2. The molecule has 0 radical (unpaired) electrons. The first kappa shape index (κ1) is 28.4. The Kier molecular flexibility index (Phi) is 6.93. The van der Waals surface area contributed by atoms with Crippen LogP contribution in [0.25, 0.3) is 0 Å². The van der Waals surface area contributed by atoms with Gasteiger partial charge in [-0.05, 0) is 99.4 Å². The summed E-state index contributed by atoms with van der Waals surface area (Å²) in [5, 5.41) is 0. The van der Waals surface area contributed by atoms with E-state index in [1.54, 1.807) is 0 Å². The SMILES string of the molecule is CN1CC[C@]23COCO[C@H]2[C@H]1Cc1ccc(OC(=O)/C=C/C(=O)Oc2ccc4c(c2)[C@]25CCN(C)[C@H](C4)[C@@H]2OCOC5)cc13. The van der Waals surface area contributed by atoms with E-state index in [0.717, 1.165) is 62.1 Å². The molecule has 0 aromatic heterocycles. The Labute approximate surface area is 256 Å². The fourth-order valence-corrected chi connectivity index (χ4v) is 8.77. The molecular formula is C34H38N2O8. The standard InChI is InChI=1S/C34H38N2O8/c1-35-11-9-33-17-39-19-41-31(33)27(35)13-21-3-5-23(15-25(21)33)43-29(37)7-8-30(38)44-24-6-4-22-14-28-32-34(26(22)16-24,10-12-36(28)2)18-40-20-42-32/h3-8,15-16,27-28,31-32H,9-14,17-20H2,1-2H3/b8-7+/t27-,28-,31+,32+,33-,34-/m1/s1. The van der Waals surface area contributed by atoms with Crippen molar-refractivity contribution in [2.24, 2.45) is 0 Å². The Bertz CT molecular complexity index is 1420. The number of esters is 2. The van der Waals surface area contributed by atoms with Crippen LogP contribution in [-0.4, -0.2) is 100 Å². The molecule has 0 spiro atoms. The second-order valence-electron chi connectivity index (χ2n) is 13.2. The first-order chi connectivity index (χ1) is 21.4. The monoisotopic (exact) mass is 602 g/mol. The third-order valence-electron chi connectivity index (χ3n) is 11.0. The van der Waals surface area contributed by atoms with Gasteiger partial charge < -0.3 is 38.2 Å². The summed E-state index contributed by atoms with van der Waals surface area (Å²) in [6, 6.07) is 12.2. The first-order valence-electron chi connectivity index (χ1n) is 15.5. The molecule has 2 aromatic carbocycles. The molecule has 10 heteroatoms. The highest BCUT2D eigenvalue weighted by molar-refractivity contribution is 5.93. The number of nitrogens with zero attached hydrogens (tertiary/aromatic N) is 2. The topological polar surface area (TPSA) is 96.0 Å². The van der Waals surface area contributed by atoms with Crippen molar-refractivity contribution in [1.82, 2.24) is 9.80 Å². The highest BCUT2D eigenvalue weighted by Crippen LogP contribution is 2.50. The van der Waals surface area contributed by atoms with E-state index in [0.29, 0.717) is 50.4 Å². The summed E-state index contributed by atoms with van der Waals surface area (Å²) in [4.78, 5) is 30.3. The maximum atomic E-state index is 12.8. The highest BCUT2D eigenvalue weighted by atomic mass is 16.7. The van der Waals surface area contributed by atoms with Crippen molar-refractivity contribution in [3.63, 3.8) is 0 Å². The van der Waals surface area contributed by atoms with Gasteiger partial charge in [-0.2, -0.15) is 0 Å². The zero-order chi connectivity index (χ0) is 30.1. The maximum Gasteiger partial charge on any atom is 0.336 e. The zero-order valence-electron chi connectivity index (χ0n) is 25.2. The van der Waals surface area contributed by atoms with E-state index in [-0.39, 0.29) is 23.0 Å². The second-order valence-corrected chi connectivity index (χ2v) is 13.2. The van der Waals surface area contributed by atoms with E-state index in [2.05, 4.69) is 23.9 Å². The molecule has 0 saturated carbocycles. The van der Waals surface area contributed by atoms with E-state index in [9.17, 15) is 9.59 Å². The zero-order valence-corrected chi connectivity index (χ0v) is 25.2. The van der Waals surface area contributed by atoms with Gasteiger partial charge in [0.25, 0.3) is 0 Å². The predicted octanol–water partition coefficient (Wildman–Crippen LogP) is 2.50. The molecule has 0 unspecified atom stereocenters. The number of likely N-dealkylation sites (tertiary alicyclic amines) is 2. The van der Waals surface area contributed by atoms with Crippen molar-refractivity contribution in [3.05, 3.63) is 70.8 Å². The van der Waals surface area contributed by atoms with Crippen molar-refractivity contribution in [2.75, 3.05) is 54.0 Å². The van der Waals surface area contributed by atoms with Gasteiger partial charge in [-0.15, -0.1) is 0 Å². The molecule has 0 N–H and O–H groups in total. The molecule has 8 rings (SSSR count). The van der Waals surface area contributed by atoms with Gasteiger partial charge in [0.1, 0.15) is 25.1 Å². The van der Waals surface area contributed by atoms with Gasteiger partial charge in [-0.25, -0.2) is 9.59 Å². The first-order valence-corrected chi connectivity index (χ1v) is 15.5. The number of rotatable bonds is 4. The van der Waals surface area contributed by atoms with Crippen molar-refractivity contribution in [2.45, 2.75) is 60.8 Å². The van der Waals surface area contributed by atoms with Gasteiger partial charge in [0.2, 0.25) is 0 Å². The molecule has 6 atom stereocenters. The summed E-state index contributed by atoms with van der Waals surface area (Å²) in [6.45, 7) is 3.67. The van der Waals surface area contributed by atoms with Crippen molar-refractivity contribution in [3.8, 4) is 11.5 Å². The molecule has 0 amide bonds. The van der Waals surface area contributed by atoms with E-state index in [4.69, 9.17) is 28.4 Å². The molecule has 44 heavy (non-hydrogen) atoms. The van der Waals surface area contributed by atoms with E-state index < -0.39 is 11.9 Å². The summed E-state index contributed by atoms with van der Waals surface area (Å²) in [6.07, 6.45) is 5.86. The smallest absolute Gasteiger partial charge is 0.336 e. The fraction of sp³-hybridized carbons (Fsp3) is 0.529. The molecule has 4 bridgehead atoms. The molecule has 4 fully saturated rings. The number of carbonyl (C=O) groups is 2. The Hall–Kier alpha value is -3.12. The molecule has 232 valence electrons. The minimum Gasteiger partial charge on any atom is -0.423 e. The number of benzene rings is 2. The van der Waals surface area contributed by atoms with Crippen molar-refractivity contribution >= 4 is 11.9 Å². The molecule has 2 aromatic rings. The molecule has 10 nitrogen and oxygen atoms in total. The lowest BCUT2D eigenvalue weighted by Gasteiger charge is -2.57. The fourth-order valence-electron chi connectivity index (χ4n) is 8.77. The highest BCUT2D eigenvalue weighted by Gasteiger charge is 2.56. The molecule has 4 heterocycles. The summed E-state index contributed by atoms with van der Waals surface area (Å²) in [5.74, 6) is -0.435. The maximum absolute atomic E-state index is 12.8. The van der Waals surface area contributed by atoms with E-state index >= 15 is 0 Å². The number of likely N-dealkylation sites (N-methyl/N-ethyl adjacent to an activating group) is 2. The van der Waals surface area contributed by atoms with Crippen LogP contribution < -0.4 is 9.47 Å². The second kappa shape index (κ2) is 10.8. The van der Waals surface area contributed by atoms with Crippen LogP contribution in [0, 0.1) is 0 Å². The minimum absolute atomic E-state index is 0.0382. The van der Waals surface area contributed by atoms with Crippen LogP contribution in [0.3, 0.4) is 0 Å². The van der Waals surface area contributed by atoms with Crippen LogP contribution >= 0.6 is 0 Å². The predicted molar refractivity (Wildman–Crippen MR) is 158 cm³/mol. The van der Waals surface area contributed by atoms with Gasteiger partial charge in [0.05, 0.1) is 25.4 Å². The number of hydrogen-bond donors (Lipinski definition) is 0. The average molecular weight is 603 g/mol. The lowest BCUT2D eigenvalue weighted by atomic mass is 9.62. The van der Waals surface area contributed by atoms with Crippen LogP contribution in [0.4, 0.5) is 0 Å². The molecule has 4 aliphatic heterocycles.